The van der Waals surface area contributed by atoms with Crippen LogP contribution in [0.2, 0.25) is 0 Å². The van der Waals surface area contributed by atoms with Crippen LogP contribution in [0.15, 0.2) is 28.5 Å². The summed E-state index contributed by atoms with van der Waals surface area (Å²) < 4.78 is 52.7. The number of anilines is 1. The minimum atomic E-state index is -4.49. The summed E-state index contributed by atoms with van der Waals surface area (Å²) >= 11 is 0.815. The van der Waals surface area contributed by atoms with Crippen molar-refractivity contribution in [2.75, 3.05) is 4.72 Å². The molecule has 0 saturated carbocycles. The van der Waals surface area contributed by atoms with Crippen LogP contribution in [-0.4, -0.2) is 24.5 Å². The van der Waals surface area contributed by atoms with Gasteiger partial charge >= 0.3 is 5.97 Å². The molecule has 1 aromatic heterocycles. The molecular formula is C11H8F2N2O4S2. The predicted molar refractivity (Wildman–Crippen MR) is 70.6 cm³/mol. The Morgan fingerprint density at radius 2 is 1.95 bits per heavy atom. The SMILES string of the molecule is O=C(O)Cc1csc(NS(=O)(=O)c2c(F)cccc2F)n1. The van der Waals surface area contributed by atoms with Crippen molar-refractivity contribution in [1.82, 2.24) is 4.98 Å². The van der Waals surface area contributed by atoms with Crippen LogP contribution < -0.4 is 4.72 Å². The Kier molecular flexibility index (Phi) is 4.19. The summed E-state index contributed by atoms with van der Waals surface area (Å²) in [5, 5.41) is 9.75. The fourth-order valence-electron chi connectivity index (χ4n) is 1.50. The van der Waals surface area contributed by atoms with Gasteiger partial charge in [0.25, 0.3) is 10.0 Å². The second-order valence-corrected chi connectivity index (χ2v) is 6.35. The number of hydrogen-bond donors (Lipinski definition) is 2. The molecule has 6 nitrogen and oxygen atoms in total. The first-order chi connectivity index (χ1) is 9.79. The zero-order valence-corrected chi connectivity index (χ0v) is 11.8. The Labute approximate surface area is 122 Å². The Morgan fingerprint density at radius 1 is 1.33 bits per heavy atom. The van der Waals surface area contributed by atoms with E-state index in [0.717, 1.165) is 29.5 Å². The minimum Gasteiger partial charge on any atom is -0.481 e. The van der Waals surface area contributed by atoms with E-state index in [4.69, 9.17) is 5.11 Å². The minimum absolute atomic E-state index is 0.138. The number of carboxylic acid groups (broad SMARTS) is 1. The van der Waals surface area contributed by atoms with Crippen LogP contribution in [0.3, 0.4) is 0 Å². The van der Waals surface area contributed by atoms with E-state index in [1.165, 1.54) is 5.38 Å². The van der Waals surface area contributed by atoms with Crippen LogP contribution in [0, 0.1) is 11.6 Å². The topological polar surface area (TPSA) is 96.4 Å². The zero-order valence-electron chi connectivity index (χ0n) is 10.2. The van der Waals surface area contributed by atoms with Crippen LogP contribution in [0.5, 0.6) is 0 Å². The van der Waals surface area contributed by atoms with Crippen LogP contribution >= 0.6 is 11.3 Å². The Hall–Kier alpha value is -2.07. The van der Waals surface area contributed by atoms with E-state index in [1.807, 2.05) is 4.72 Å². The van der Waals surface area contributed by atoms with Crippen molar-refractivity contribution in [3.8, 4) is 0 Å². The van der Waals surface area contributed by atoms with Gasteiger partial charge in [0.05, 0.1) is 12.1 Å². The largest absolute Gasteiger partial charge is 0.481 e. The summed E-state index contributed by atoms with van der Waals surface area (Å²) in [4.78, 5) is 13.1. The van der Waals surface area contributed by atoms with Gasteiger partial charge in [-0.1, -0.05) is 6.07 Å². The lowest BCUT2D eigenvalue weighted by Gasteiger charge is -2.06. The molecule has 0 aliphatic carbocycles. The highest BCUT2D eigenvalue weighted by molar-refractivity contribution is 7.93. The summed E-state index contributed by atoms with van der Waals surface area (Å²) in [7, 11) is -4.49. The molecule has 0 bridgehead atoms. The molecular weight excluding hydrogens is 326 g/mol. The van der Waals surface area contributed by atoms with Gasteiger partial charge in [-0.15, -0.1) is 11.3 Å². The van der Waals surface area contributed by atoms with Crippen molar-refractivity contribution >= 4 is 32.5 Å². The highest BCUT2D eigenvalue weighted by Gasteiger charge is 2.25. The average Bonchev–Trinajstić information content (AvgIpc) is 2.73. The van der Waals surface area contributed by atoms with E-state index in [-0.39, 0.29) is 17.2 Å². The molecule has 112 valence electrons. The van der Waals surface area contributed by atoms with Crippen LogP contribution in [0.1, 0.15) is 5.69 Å². The first-order valence-electron chi connectivity index (χ1n) is 5.42. The first kappa shape index (κ1) is 15.3. The molecule has 2 aromatic rings. The molecule has 21 heavy (non-hydrogen) atoms. The van der Waals surface area contributed by atoms with Crippen LogP contribution in [-0.2, 0) is 21.2 Å². The third-order valence-electron chi connectivity index (χ3n) is 2.29. The number of thiazole rings is 1. The summed E-state index contributed by atoms with van der Waals surface area (Å²) in [6, 6.07) is 2.67. The maximum Gasteiger partial charge on any atom is 0.309 e. The average molecular weight is 334 g/mol. The number of aliphatic carboxylic acids is 1. The van der Waals surface area contributed by atoms with Crippen molar-refractivity contribution in [3.05, 3.63) is 40.9 Å². The lowest BCUT2D eigenvalue weighted by atomic mass is 10.3. The summed E-state index contributed by atoms with van der Waals surface area (Å²) in [6.07, 6.45) is -0.383. The van der Waals surface area contributed by atoms with E-state index >= 15 is 0 Å². The lowest BCUT2D eigenvalue weighted by molar-refractivity contribution is -0.136. The first-order valence-corrected chi connectivity index (χ1v) is 7.79. The molecule has 2 rings (SSSR count). The quantitative estimate of drug-likeness (QED) is 0.870. The van der Waals surface area contributed by atoms with Gasteiger partial charge in [0.2, 0.25) is 0 Å². The summed E-state index contributed by atoms with van der Waals surface area (Å²) in [5.41, 5.74) is 0.138. The van der Waals surface area contributed by atoms with E-state index < -0.39 is 32.5 Å². The van der Waals surface area contributed by atoms with E-state index in [9.17, 15) is 22.0 Å². The van der Waals surface area contributed by atoms with Crippen molar-refractivity contribution in [3.63, 3.8) is 0 Å². The molecule has 10 heteroatoms. The number of hydrogen-bond acceptors (Lipinski definition) is 5. The molecule has 0 radical (unpaired) electrons. The highest BCUT2D eigenvalue weighted by Crippen LogP contribution is 2.23. The Morgan fingerprint density at radius 3 is 2.52 bits per heavy atom. The molecule has 0 fully saturated rings. The fourth-order valence-corrected chi connectivity index (χ4v) is 3.60. The maximum atomic E-state index is 13.5. The van der Waals surface area contributed by atoms with Gasteiger partial charge in [0, 0.05) is 5.38 Å². The van der Waals surface area contributed by atoms with E-state index in [1.54, 1.807) is 0 Å². The monoisotopic (exact) mass is 334 g/mol. The molecule has 0 aliphatic rings. The molecule has 0 saturated heterocycles. The van der Waals surface area contributed by atoms with Gasteiger partial charge in [-0.05, 0) is 12.1 Å². The molecule has 1 heterocycles. The molecule has 0 aliphatic heterocycles. The van der Waals surface area contributed by atoms with Crippen molar-refractivity contribution in [2.24, 2.45) is 0 Å². The maximum absolute atomic E-state index is 13.5. The second kappa shape index (κ2) is 5.74. The predicted octanol–water partition coefficient (Wildman–Crippen LogP) is 1.85. The fraction of sp³-hybridized carbons (Fsp3) is 0.0909. The van der Waals surface area contributed by atoms with E-state index in [2.05, 4.69) is 4.98 Å². The standard InChI is InChI=1S/C11H8F2N2O4S2/c12-7-2-1-3-8(13)10(7)21(18,19)15-11-14-6(5-20-11)4-9(16)17/h1-3,5H,4H2,(H,14,15)(H,16,17). The van der Waals surface area contributed by atoms with Gasteiger partial charge < -0.3 is 5.11 Å². The highest BCUT2D eigenvalue weighted by atomic mass is 32.2. The Balaban J connectivity index is 2.29. The van der Waals surface area contributed by atoms with Gasteiger partial charge in [-0.3, -0.25) is 9.52 Å². The number of rotatable bonds is 5. The molecule has 2 N–H and O–H groups in total. The second-order valence-electron chi connectivity index (χ2n) is 3.87. The molecule has 0 amide bonds. The van der Waals surface area contributed by atoms with Crippen LogP contribution in [0.25, 0.3) is 0 Å². The van der Waals surface area contributed by atoms with E-state index in [0.29, 0.717) is 0 Å². The van der Waals surface area contributed by atoms with Crippen LogP contribution in [0.4, 0.5) is 13.9 Å². The van der Waals surface area contributed by atoms with Crippen molar-refractivity contribution in [1.29, 1.82) is 0 Å². The normalized spacial score (nSPS) is 11.3. The number of benzene rings is 1. The molecule has 1 aromatic carbocycles. The number of halogens is 2. The zero-order chi connectivity index (χ0) is 15.6. The third kappa shape index (κ3) is 3.52. The molecule has 0 unspecified atom stereocenters. The number of nitrogens with zero attached hydrogens (tertiary/aromatic N) is 1. The number of sulfonamides is 1. The van der Waals surface area contributed by atoms with Crippen molar-refractivity contribution in [2.45, 2.75) is 11.3 Å². The molecule has 0 atom stereocenters. The van der Waals surface area contributed by atoms with Crippen molar-refractivity contribution < 1.29 is 27.1 Å². The number of carbonyl (C=O) groups is 1. The third-order valence-corrected chi connectivity index (χ3v) is 4.62. The Bertz CT molecular complexity index is 769. The number of aromatic nitrogens is 1. The van der Waals surface area contributed by atoms with Gasteiger partial charge in [0.15, 0.2) is 10.0 Å². The van der Waals surface area contributed by atoms with Gasteiger partial charge in [-0.25, -0.2) is 22.2 Å². The van der Waals surface area contributed by atoms with Gasteiger partial charge in [0.1, 0.15) is 11.6 Å². The van der Waals surface area contributed by atoms with Gasteiger partial charge in [-0.2, -0.15) is 0 Å². The number of nitrogens with one attached hydrogen (secondary N) is 1. The lowest BCUT2D eigenvalue weighted by Crippen LogP contribution is -2.16. The summed E-state index contributed by atoms with van der Waals surface area (Å²) in [6.45, 7) is 0. The summed E-state index contributed by atoms with van der Waals surface area (Å²) in [5.74, 6) is -3.59. The number of carboxylic acids is 1. The molecule has 0 spiro atoms. The smallest absolute Gasteiger partial charge is 0.309 e.